The summed E-state index contributed by atoms with van der Waals surface area (Å²) in [6.45, 7) is 0. The number of nitrogens with zero attached hydrogens (tertiary/aromatic N) is 1. The minimum Gasteiger partial charge on any atom is -0.454 e. The second kappa shape index (κ2) is 13.4. The molecule has 0 radical (unpaired) electrons. The van der Waals surface area contributed by atoms with Gasteiger partial charge in [0.15, 0.2) is 5.58 Å². The maximum absolute atomic E-state index is 6.77. The molecule has 0 aliphatic heterocycles. The predicted molar refractivity (Wildman–Crippen MR) is 228 cm³/mol. The summed E-state index contributed by atoms with van der Waals surface area (Å²) in [5.74, 6) is 0. The van der Waals surface area contributed by atoms with Gasteiger partial charge in [-0.3, -0.25) is 0 Å². The summed E-state index contributed by atoms with van der Waals surface area (Å²) in [6, 6.07) is 75.7. The second-order valence-corrected chi connectivity index (χ2v) is 13.7. The number of benzene rings is 9. The molecular weight excluding hydrogens is 655 g/mol. The molecule has 0 aliphatic rings. The predicted octanol–water partition coefficient (Wildman–Crippen LogP) is 14.9. The maximum Gasteiger partial charge on any atom is 0.159 e. The zero-order valence-electron chi connectivity index (χ0n) is 29.6. The van der Waals surface area contributed by atoms with Gasteiger partial charge in [-0.1, -0.05) is 164 Å². The third-order valence-corrected chi connectivity index (χ3v) is 10.5. The lowest BCUT2D eigenvalue weighted by Crippen LogP contribution is -2.10. The number of hydrogen-bond acceptors (Lipinski definition) is 2. The van der Waals surface area contributed by atoms with E-state index in [0.29, 0.717) is 0 Å². The minimum absolute atomic E-state index is 0.864. The SMILES string of the molecule is c1ccc(-c2cccc(-c3ccc(N(c4ccc(-c5cccc(-c6ccccc6)c5)cc4)c4cccc5c4oc4ccc6ccccc6c45)cc3)c2)cc1. The Labute approximate surface area is 314 Å². The highest BCUT2D eigenvalue weighted by Gasteiger charge is 2.20. The van der Waals surface area contributed by atoms with Gasteiger partial charge in [0, 0.05) is 22.1 Å². The lowest BCUT2D eigenvalue weighted by atomic mass is 9.98. The van der Waals surface area contributed by atoms with Crippen LogP contribution in [-0.4, -0.2) is 0 Å². The van der Waals surface area contributed by atoms with Crippen LogP contribution in [0.15, 0.2) is 217 Å². The minimum atomic E-state index is 0.864. The number of hydrogen-bond donors (Lipinski definition) is 0. The first-order valence-corrected chi connectivity index (χ1v) is 18.4. The van der Waals surface area contributed by atoms with Gasteiger partial charge in [-0.05, 0) is 104 Å². The van der Waals surface area contributed by atoms with E-state index in [1.807, 2.05) is 0 Å². The first kappa shape index (κ1) is 31.6. The molecule has 2 heteroatoms. The Morgan fingerprint density at radius 2 is 0.759 bits per heavy atom. The quantitative estimate of drug-likeness (QED) is 0.166. The molecule has 10 rings (SSSR count). The summed E-state index contributed by atoms with van der Waals surface area (Å²) in [7, 11) is 0. The zero-order chi connectivity index (χ0) is 35.8. The Morgan fingerprint density at radius 1 is 0.315 bits per heavy atom. The van der Waals surface area contributed by atoms with Crippen molar-refractivity contribution in [3.8, 4) is 44.5 Å². The van der Waals surface area contributed by atoms with Crippen LogP contribution in [0.4, 0.5) is 17.1 Å². The zero-order valence-corrected chi connectivity index (χ0v) is 29.6. The van der Waals surface area contributed by atoms with Crippen molar-refractivity contribution in [1.29, 1.82) is 0 Å². The van der Waals surface area contributed by atoms with Gasteiger partial charge in [-0.15, -0.1) is 0 Å². The lowest BCUT2D eigenvalue weighted by molar-refractivity contribution is 0.669. The summed E-state index contributed by atoms with van der Waals surface area (Å²) < 4.78 is 6.77. The molecule has 254 valence electrons. The highest BCUT2D eigenvalue weighted by atomic mass is 16.3. The molecule has 1 heterocycles. The highest BCUT2D eigenvalue weighted by molar-refractivity contribution is 6.21. The van der Waals surface area contributed by atoms with Crippen molar-refractivity contribution in [2.45, 2.75) is 0 Å². The van der Waals surface area contributed by atoms with E-state index in [1.54, 1.807) is 0 Å². The van der Waals surface area contributed by atoms with Crippen molar-refractivity contribution in [2.24, 2.45) is 0 Å². The molecule has 0 saturated carbocycles. The third kappa shape index (κ3) is 5.71. The molecule has 0 spiro atoms. The van der Waals surface area contributed by atoms with Gasteiger partial charge in [0.2, 0.25) is 0 Å². The Balaban J connectivity index is 1.09. The van der Waals surface area contributed by atoms with Gasteiger partial charge >= 0.3 is 0 Å². The van der Waals surface area contributed by atoms with E-state index in [-0.39, 0.29) is 0 Å². The number of fused-ring (bicyclic) bond motifs is 5. The number of furan rings is 1. The van der Waals surface area contributed by atoms with Gasteiger partial charge in [0.05, 0.1) is 5.69 Å². The standard InChI is InChI=1S/C52H35NO/c1-3-12-36(13-4-1)41-17-9-19-43(34-41)38-24-29-45(30-25-38)53(46-31-26-39(27-32-46)44-20-10-18-42(35-44)37-14-5-2-6-15-37)49-23-11-22-48-51-47-21-8-7-16-40(47)28-33-50(51)54-52(48)49/h1-35H. The Kier molecular flexibility index (Phi) is 7.85. The Morgan fingerprint density at radius 3 is 1.31 bits per heavy atom. The molecular formula is C52H35NO. The van der Waals surface area contributed by atoms with Crippen LogP contribution in [0.2, 0.25) is 0 Å². The molecule has 10 aromatic rings. The molecule has 0 saturated heterocycles. The molecule has 9 aromatic carbocycles. The van der Waals surface area contributed by atoms with E-state index in [4.69, 9.17) is 4.42 Å². The molecule has 0 N–H and O–H groups in total. The van der Waals surface area contributed by atoms with Crippen molar-refractivity contribution in [1.82, 2.24) is 0 Å². The van der Waals surface area contributed by atoms with E-state index >= 15 is 0 Å². The van der Waals surface area contributed by atoms with Crippen molar-refractivity contribution >= 4 is 49.8 Å². The second-order valence-electron chi connectivity index (χ2n) is 13.7. The third-order valence-electron chi connectivity index (χ3n) is 10.5. The molecule has 0 unspecified atom stereocenters. The fourth-order valence-electron chi connectivity index (χ4n) is 7.78. The summed E-state index contributed by atoms with van der Waals surface area (Å²) in [5, 5.41) is 4.65. The summed E-state index contributed by atoms with van der Waals surface area (Å²) in [5.41, 5.74) is 14.4. The summed E-state index contributed by atoms with van der Waals surface area (Å²) in [4.78, 5) is 2.32. The summed E-state index contributed by atoms with van der Waals surface area (Å²) >= 11 is 0. The lowest BCUT2D eigenvalue weighted by Gasteiger charge is -2.26. The highest BCUT2D eigenvalue weighted by Crippen LogP contribution is 2.44. The van der Waals surface area contributed by atoms with Crippen LogP contribution in [-0.2, 0) is 0 Å². The van der Waals surface area contributed by atoms with Gasteiger partial charge in [-0.2, -0.15) is 0 Å². The van der Waals surface area contributed by atoms with Crippen LogP contribution in [0.1, 0.15) is 0 Å². The largest absolute Gasteiger partial charge is 0.454 e. The van der Waals surface area contributed by atoms with Crippen molar-refractivity contribution in [3.05, 3.63) is 212 Å². The molecule has 54 heavy (non-hydrogen) atoms. The molecule has 0 atom stereocenters. The van der Waals surface area contributed by atoms with E-state index in [2.05, 4.69) is 217 Å². The van der Waals surface area contributed by atoms with Crippen molar-refractivity contribution in [3.63, 3.8) is 0 Å². The number of para-hydroxylation sites is 1. The fraction of sp³-hybridized carbons (Fsp3) is 0. The molecule has 0 amide bonds. The number of rotatable bonds is 7. The van der Waals surface area contributed by atoms with E-state index in [9.17, 15) is 0 Å². The van der Waals surface area contributed by atoms with E-state index < -0.39 is 0 Å². The molecule has 0 aliphatic carbocycles. The monoisotopic (exact) mass is 689 g/mol. The van der Waals surface area contributed by atoms with Crippen LogP contribution in [0.5, 0.6) is 0 Å². The van der Waals surface area contributed by atoms with Crippen LogP contribution in [0.3, 0.4) is 0 Å². The van der Waals surface area contributed by atoms with Gasteiger partial charge in [-0.25, -0.2) is 0 Å². The van der Waals surface area contributed by atoms with E-state index in [0.717, 1.165) is 39.0 Å². The first-order valence-electron chi connectivity index (χ1n) is 18.4. The van der Waals surface area contributed by atoms with Gasteiger partial charge in [0.1, 0.15) is 5.58 Å². The average molecular weight is 690 g/mol. The van der Waals surface area contributed by atoms with E-state index in [1.165, 1.54) is 55.3 Å². The van der Waals surface area contributed by atoms with Crippen molar-refractivity contribution < 1.29 is 4.42 Å². The van der Waals surface area contributed by atoms with Crippen LogP contribution in [0.25, 0.3) is 77.2 Å². The Bertz CT molecular complexity index is 2780. The smallest absolute Gasteiger partial charge is 0.159 e. The van der Waals surface area contributed by atoms with Crippen molar-refractivity contribution in [2.75, 3.05) is 4.90 Å². The first-order chi connectivity index (χ1) is 26.8. The van der Waals surface area contributed by atoms with Crippen LogP contribution < -0.4 is 4.90 Å². The number of anilines is 3. The molecule has 0 fully saturated rings. The Hall–Kier alpha value is -7.16. The fourth-order valence-corrected chi connectivity index (χ4v) is 7.78. The molecule has 2 nitrogen and oxygen atoms in total. The maximum atomic E-state index is 6.77. The summed E-state index contributed by atoms with van der Waals surface area (Å²) in [6.07, 6.45) is 0. The molecule has 0 bridgehead atoms. The normalized spacial score (nSPS) is 11.3. The van der Waals surface area contributed by atoms with Crippen LogP contribution >= 0.6 is 0 Å². The van der Waals surface area contributed by atoms with Crippen LogP contribution in [0, 0.1) is 0 Å². The average Bonchev–Trinajstić information content (AvgIpc) is 3.65. The molecule has 1 aromatic heterocycles. The van der Waals surface area contributed by atoms with Gasteiger partial charge < -0.3 is 9.32 Å². The van der Waals surface area contributed by atoms with Gasteiger partial charge in [0.25, 0.3) is 0 Å². The topological polar surface area (TPSA) is 16.4 Å².